The van der Waals surface area contributed by atoms with E-state index in [1.54, 1.807) is 16.4 Å². The molecule has 5 heteroatoms. The fourth-order valence-corrected chi connectivity index (χ4v) is 4.52. The lowest BCUT2D eigenvalue weighted by Crippen LogP contribution is -2.39. The van der Waals surface area contributed by atoms with Gasteiger partial charge in [0.05, 0.1) is 4.90 Å². The van der Waals surface area contributed by atoms with E-state index in [1.807, 2.05) is 40.7 Å². The van der Waals surface area contributed by atoms with Crippen LogP contribution in [0.5, 0.6) is 0 Å². The summed E-state index contributed by atoms with van der Waals surface area (Å²) in [7, 11) is -3.48. The molecule has 0 aliphatic rings. The number of hydrogen-bond acceptors (Lipinski definition) is 2. The number of alkyl halides is 1. The van der Waals surface area contributed by atoms with Crippen LogP contribution in [0.15, 0.2) is 23.1 Å². The minimum absolute atomic E-state index is 0.0681. The molecule has 0 aromatic heterocycles. The molecule has 0 saturated heterocycles. The normalized spacial score (nSPS) is 12.7. The molecular weight excluding hydrogens is 294 g/mol. The largest absolute Gasteiger partial charge is 0.243 e. The summed E-state index contributed by atoms with van der Waals surface area (Å²) >= 11 is 5.87. The summed E-state index contributed by atoms with van der Waals surface area (Å²) in [4.78, 5) is 0.366. The maximum Gasteiger partial charge on any atom is 0.243 e. The van der Waals surface area contributed by atoms with Gasteiger partial charge in [0, 0.05) is 18.5 Å². The van der Waals surface area contributed by atoms with Crippen LogP contribution in [0, 0.1) is 12.8 Å². The van der Waals surface area contributed by atoms with Crippen molar-refractivity contribution in [2.45, 2.75) is 51.4 Å². The average molecular weight is 318 g/mol. The van der Waals surface area contributed by atoms with Gasteiger partial charge in [0.25, 0.3) is 0 Å². The molecule has 0 bridgehead atoms. The van der Waals surface area contributed by atoms with E-state index < -0.39 is 10.0 Å². The van der Waals surface area contributed by atoms with Crippen LogP contribution in [0.25, 0.3) is 0 Å². The zero-order valence-corrected chi connectivity index (χ0v) is 14.4. The Labute approximate surface area is 128 Å². The molecule has 1 rings (SSSR count). The molecule has 0 spiro atoms. The number of nitrogens with zero attached hydrogens (tertiary/aromatic N) is 1. The van der Waals surface area contributed by atoms with Crippen LogP contribution in [-0.4, -0.2) is 25.3 Å². The highest BCUT2D eigenvalue weighted by Gasteiger charge is 2.29. The first-order valence-electron chi connectivity index (χ1n) is 6.88. The van der Waals surface area contributed by atoms with Gasteiger partial charge < -0.3 is 0 Å². The van der Waals surface area contributed by atoms with E-state index in [4.69, 9.17) is 11.6 Å². The third-order valence-corrected chi connectivity index (χ3v) is 5.72. The average Bonchev–Trinajstić information content (AvgIpc) is 2.35. The van der Waals surface area contributed by atoms with Crippen molar-refractivity contribution in [1.29, 1.82) is 0 Å². The molecule has 0 aliphatic heterocycles. The second-order valence-electron chi connectivity index (χ2n) is 5.74. The molecule has 1 aromatic carbocycles. The van der Waals surface area contributed by atoms with Crippen molar-refractivity contribution in [2.75, 3.05) is 6.54 Å². The van der Waals surface area contributed by atoms with Crippen molar-refractivity contribution in [3.8, 4) is 0 Å². The fraction of sp³-hybridized carbons (Fsp3) is 0.600. The van der Waals surface area contributed by atoms with Crippen LogP contribution in [0.1, 0.15) is 38.8 Å². The summed E-state index contributed by atoms with van der Waals surface area (Å²) in [5, 5.41) is 0. The Balaban J connectivity index is 3.34. The number of rotatable bonds is 6. The number of sulfonamides is 1. The van der Waals surface area contributed by atoms with Crippen LogP contribution in [-0.2, 0) is 15.9 Å². The van der Waals surface area contributed by atoms with Crippen LogP contribution >= 0.6 is 11.6 Å². The molecule has 0 heterocycles. The standard InChI is InChI=1S/C15H24ClNO2S/c1-11(2)10-17(12(3)4)20(18,19)15-8-6-7-14(9-16)13(15)5/h6-8,11-12H,9-10H2,1-5H3. The molecule has 0 unspecified atom stereocenters. The van der Waals surface area contributed by atoms with Gasteiger partial charge in [0.15, 0.2) is 0 Å². The third-order valence-electron chi connectivity index (χ3n) is 3.25. The Bertz CT molecular complexity index is 553. The molecule has 0 radical (unpaired) electrons. The Morgan fingerprint density at radius 1 is 1.20 bits per heavy atom. The van der Waals surface area contributed by atoms with E-state index in [9.17, 15) is 8.42 Å². The molecule has 3 nitrogen and oxygen atoms in total. The van der Waals surface area contributed by atoms with Crippen LogP contribution in [0.3, 0.4) is 0 Å². The maximum atomic E-state index is 12.9. The van der Waals surface area contributed by atoms with Gasteiger partial charge in [0.1, 0.15) is 0 Å². The second kappa shape index (κ2) is 6.92. The summed E-state index contributed by atoms with van der Waals surface area (Å²) in [6, 6.07) is 5.22. The molecule has 0 amide bonds. The highest BCUT2D eigenvalue weighted by Crippen LogP contribution is 2.25. The first-order valence-corrected chi connectivity index (χ1v) is 8.85. The number of benzene rings is 1. The van der Waals surface area contributed by atoms with Crippen molar-refractivity contribution >= 4 is 21.6 Å². The molecule has 1 aromatic rings. The first kappa shape index (κ1) is 17.5. The molecule has 0 N–H and O–H groups in total. The minimum atomic E-state index is -3.48. The van der Waals surface area contributed by atoms with Crippen LogP contribution < -0.4 is 0 Å². The SMILES string of the molecule is Cc1c(CCl)cccc1S(=O)(=O)N(CC(C)C)C(C)C. The summed E-state index contributed by atoms with van der Waals surface area (Å²) in [5.74, 6) is 0.602. The first-order chi connectivity index (χ1) is 9.21. The lowest BCUT2D eigenvalue weighted by atomic mass is 10.1. The quantitative estimate of drug-likeness (QED) is 0.749. The minimum Gasteiger partial charge on any atom is -0.207 e. The Morgan fingerprint density at radius 3 is 2.25 bits per heavy atom. The van der Waals surface area contributed by atoms with Crippen molar-refractivity contribution < 1.29 is 8.42 Å². The maximum absolute atomic E-state index is 12.9. The molecular formula is C15H24ClNO2S. The van der Waals surface area contributed by atoms with Crippen molar-refractivity contribution in [2.24, 2.45) is 5.92 Å². The van der Waals surface area contributed by atoms with Gasteiger partial charge in [-0.1, -0.05) is 26.0 Å². The summed E-state index contributed by atoms with van der Waals surface area (Å²) in [6.07, 6.45) is 0. The van der Waals surface area contributed by atoms with E-state index in [0.29, 0.717) is 17.3 Å². The van der Waals surface area contributed by atoms with Crippen molar-refractivity contribution in [3.05, 3.63) is 29.3 Å². The highest BCUT2D eigenvalue weighted by molar-refractivity contribution is 7.89. The zero-order chi connectivity index (χ0) is 15.5. The Kier molecular flexibility index (Phi) is 6.05. The molecule has 0 saturated carbocycles. The van der Waals surface area contributed by atoms with Gasteiger partial charge >= 0.3 is 0 Å². The van der Waals surface area contributed by atoms with E-state index in [2.05, 4.69) is 0 Å². The number of halogens is 1. The monoisotopic (exact) mass is 317 g/mol. The Hall–Kier alpha value is -0.580. The van der Waals surface area contributed by atoms with E-state index >= 15 is 0 Å². The van der Waals surface area contributed by atoms with Gasteiger partial charge in [-0.3, -0.25) is 0 Å². The molecule has 0 atom stereocenters. The highest BCUT2D eigenvalue weighted by atomic mass is 35.5. The Morgan fingerprint density at radius 2 is 1.80 bits per heavy atom. The van der Waals surface area contributed by atoms with E-state index in [1.165, 1.54) is 0 Å². The van der Waals surface area contributed by atoms with Gasteiger partial charge in [0.2, 0.25) is 10.0 Å². The molecule has 0 aliphatic carbocycles. The summed E-state index contributed by atoms with van der Waals surface area (Å²) in [5.41, 5.74) is 1.61. The van der Waals surface area contributed by atoms with Crippen LogP contribution in [0.4, 0.5) is 0 Å². The van der Waals surface area contributed by atoms with Gasteiger partial charge in [-0.05, 0) is 43.9 Å². The molecule has 0 fully saturated rings. The fourth-order valence-electron chi connectivity index (χ4n) is 2.16. The van der Waals surface area contributed by atoms with Crippen LogP contribution in [0.2, 0.25) is 0 Å². The van der Waals surface area contributed by atoms with Gasteiger partial charge in [-0.2, -0.15) is 4.31 Å². The lowest BCUT2D eigenvalue weighted by molar-refractivity contribution is 0.318. The van der Waals surface area contributed by atoms with Crippen molar-refractivity contribution in [1.82, 2.24) is 4.31 Å². The van der Waals surface area contributed by atoms with E-state index in [0.717, 1.165) is 11.1 Å². The predicted molar refractivity (Wildman–Crippen MR) is 84.6 cm³/mol. The van der Waals surface area contributed by atoms with Gasteiger partial charge in [-0.25, -0.2) is 8.42 Å². The summed E-state index contributed by atoms with van der Waals surface area (Å²) in [6.45, 7) is 10.2. The second-order valence-corrected chi connectivity index (χ2v) is 7.86. The molecule has 114 valence electrons. The number of hydrogen-bond donors (Lipinski definition) is 0. The zero-order valence-electron chi connectivity index (χ0n) is 12.9. The third kappa shape index (κ3) is 3.74. The van der Waals surface area contributed by atoms with E-state index in [-0.39, 0.29) is 12.0 Å². The topological polar surface area (TPSA) is 37.4 Å². The molecule has 20 heavy (non-hydrogen) atoms. The predicted octanol–water partition coefficient (Wildman–Crippen LogP) is 3.79. The van der Waals surface area contributed by atoms with Crippen molar-refractivity contribution in [3.63, 3.8) is 0 Å². The van der Waals surface area contributed by atoms with Gasteiger partial charge in [-0.15, -0.1) is 11.6 Å². The lowest BCUT2D eigenvalue weighted by Gasteiger charge is -2.28. The summed E-state index contributed by atoms with van der Waals surface area (Å²) < 4.78 is 27.3. The smallest absolute Gasteiger partial charge is 0.207 e.